The molecule has 0 amide bonds. The van der Waals surface area contributed by atoms with Crippen molar-refractivity contribution < 1.29 is 0 Å². The Morgan fingerprint density at radius 2 is 2.38 bits per heavy atom. The molecular formula is C10H16N4S2. The van der Waals surface area contributed by atoms with Crippen LogP contribution in [0.15, 0.2) is 18.6 Å². The third kappa shape index (κ3) is 5.87. The van der Waals surface area contributed by atoms with Gasteiger partial charge in [-0.25, -0.2) is 0 Å². The van der Waals surface area contributed by atoms with Crippen LogP contribution in [0.25, 0.3) is 0 Å². The molecule has 0 unspecified atom stereocenters. The Balaban J connectivity index is 1.98. The molecule has 0 aliphatic carbocycles. The van der Waals surface area contributed by atoms with Gasteiger partial charge in [0.15, 0.2) is 5.11 Å². The van der Waals surface area contributed by atoms with E-state index in [1.54, 1.807) is 18.6 Å². The Morgan fingerprint density at radius 1 is 1.50 bits per heavy atom. The smallest absolute Gasteiger partial charge is 0.166 e. The zero-order chi connectivity index (χ0) is 11.6. The molecule has 6 heteroatoms. The lowest BCUT2D eigenvalue weighted by Crippen LogP contribution is -2.33. The number of thiocarbonyl (C=S) groups is 1. The van der Waals surface area contributed by atoms with Gasteiger partial charge in [0.25, 0.3) is 0 Å². The molecular weight excluding hydrogens is 240 g/mol. The van der Waals surface area contributed by atoms with Crippen molar-refractivity contribution in [2.75, 3.05) is 19.3 Å². The summed E-state index contributed by atoms with van der Waals surface area (Å²) in [6.45, 7) is 0.910. The lowest BCUT2D eigenvalue weighted by atomic mass is 10.5. The van der Waals surface area contributed by atoms with Gasteiger partial charge in [-0.1, -0.05) is 0 Å². The molecule has 0 bridgehead atoms. The van der Waals surface area contributed by atoms with Gasteiger partial charge in [-0.15, -0.1) is 0 Å². The first-order valence-electron chi connectivity index (χ1n) is 5.11. The molecule has 0 aliphatic rings. The second-order valence-electron chi connectivity index (χ2n) is 3.11. The molecule has 0 radical (unpaired) electrons. The third-order valence-corrected chi connectivity index (χ3v) is 3.27. The summed E-state index contributed by atoms with van der Waals surface area (Å²) in [5.74, 6) is 2.01. The van der Waals surface area contributed by atoms with Crippen molar-refractivity contribution >= 4 is 29.1 Å². The summed E-state index contributed by atoms with van der Waals surface area (Å²) in [4.78, 5) is 8.23. The Morgan fingerprint density at radius 3 is 3.06 bits per heavy atom. The monoisotopic (exact) mass is 256 g/mol. The summed E-state index contributed by atoms with van der Waals surface area (Å²) in [5.41, 5.74) is 1.03. The molecule has 1 heterocycles. The van der Waals surface area contributed by atoms with Crippen LogP contribution in [0.5, 0.6) is 0 Å². The maximum absolute atomic E-state index is 4.96. The number of rotatable bonds is 6. The minimum absolute atomic E-state index is 0.707. The average Bonchev–Trinajstić information content (AvgIpc) is 2.34. The van der Waals surface area contributed by atoms with Crippen LogP contribution in [0.2, 0.25) is 0 Å². The number of aromatic nitrogens is 2. The van der Waals surface area contributed by atoms with Crippen LogP contribution in [0.4, 0.5) is 0 Å². The van der Waals surface area contributed by atoms with E-state index >= 15 is 0 Å². The van der Waals surface area contributed by atoms with Gasteiger partial charge >= 0.3 is 0 Å². The van der Waals surface area contributed by atoms with E-state index in [0.717, 1.165) is 30.2 Å². The fourth-order valence-corrected chi connectivity index (χ4v) is 2.00. The molecule has 1 rings (SSSR count). The largest absolute Gasteiger partial charge is 0.366 e. The van der Waals surface area contributed by atoms with Crippen LogP contribution in [-0.4, -0.2) is 34.4 Å². The summed E-state index contributed by atoms with van der Waals surface area (Å²) in [7, 11) is 1.82. The first-order chi connectivity index (χ1) is 7.83. The molecule has 0 saturated heterocycles. The van der Waals surface area contributed by atoms with Crippen molar-refractivity contribution in [1.29, 1.82) is 0 Å². The summed E-state index contributed by atoms with van der Waals surface area (Å²) in [6, 6.07) is 0. The summed E-state index contributed by atoms with van der Waals surface area (Å²) >= 11 is 6.82. The van der Waals surface area contributed by atoms with Gasteiger partial charge in [0.1, 0.15) is 0 Å². The maximum Gasteiger partial charge on any atom is 0.166 e. The van der Waals surface area contributed by atoms with Crippen molar-refractivity contribution in [3.63, 3.8) is 0 Å². The van der Waals surface area contributed by atoms with Crippen molar-refractivity contribution in [1.82, 2.24) is 20.6 Å². The van der Waals surface area contributed by atoms with Crippen LogP contribution < -0.4 is 10.6 Å². The molecule has 2 N–H and O–H groups in total. The van der Waals surface area contributed by atoms with E-state index in [-0.39, 0.29) is 0 Å². The molecule has 4 nitrogen and oxygen atoms in total. The number of thioether (sulfide) groups is 1. The number of nitrogens with zero attached hydrogens (tertiary/aromatic N) is 2. The van der Waals surface area contributed by atoms with Crippen molar-refractivity contribution in [2.24, 2.45) is 0 Å². The van der Waals surface area contributed by atoms with Crippen molar-refractivity contribution in [3.05, 3.63) is 24.3 Å². The van der Waals surface area contributed by atoms with E-state index in [1.807, 2.05) is 18.8 Å². The fourth-order valence-electron chi connectivity index (χ4n) is 1.05. The lowest BCUT2D eigenvalue weighted by molar-refractivity contribution is 0.834. The Hall–Kier alpha value is -0.880. The first-order valence-corrected chi connectivity index (χ1v) is 6.67. The van der Waals surface area contributed by atoms with Crippen LogP contribution in [-0.2, 0) is 5.75 Å². The van der Waals surface area contributed by atoms with Crippen LogP contribution in [0.3, 0.4) is 0 Å². The van der Waals surface area contributed by atoms with E-state index in [4.69, 9.17) is 12.2 Å². The highest BCUT2D eigenvalue weighted by Crippen LogP contribution is 2.09. The molecule has 1 aromatic rings. The zero-order valence-corrected chi connectivity index (χ0v) is 10.9. The average molecular weight is 256 g/mol. The number of nitrogens with one attached hydrogen (secondary N) is 2. The highest BCUT2D eigenvalue weighted by atomic mass is 32.2. The molecule has 1 aromatic heterocycles. The van der Waals surface area contributed by atoms with E-state index in [0.29, 0.717) is 5.11 Å². The molecule has 16 heavy (non-hydrogen) atoms. The Labute approximate surface area is 106 Å². The minimum Gasteiger partial charge on any atom is -0.366 e. The molecule has 0 spiro atoms. The predicted octanol–water partition coefficient (Wildman–Crippen LogP) is 1.19. The summed E-state index contributed by atoms with van der Waals surface area (Å²) in [6.07, 6.45) is 6.31. The van der Waals surface area contributed by atoms with Crippen LogP contribution >= 0.6 is 24.0 Å². The third-order valence-electron chi connectivity index (χ3n) is 1.84. The number of hydrogen-bond acceptors (Lipinski definition) is 4. The van der Waals surface area contributed by atoms with Crippen molar-refractivity contribution in [3.8, 4) is 0 Å². The Bertz CT molecular complexity index is 305. The van der Waals surface area contributed by atoms with Crippen LogP contribution in [0.1, 0.15) is 12.1 Å². The van der Waals surface area contributed by atoms with E-state index < -0.39 is 0 Å². The molecule has 0 aromatic carbocycles. The second kappa shape index (κ2) is 8.29. The summed E-state index contributed by atoms with van der Waals surface area (Å²) in [5, 5.41) is 6.69. The van der Waals surface area contributed by atoms with Gasteiger partial charge in [-0.2, -0.15) is 11.8 Å². The molecule has 0 fully saturated rings. The van der Waals surface area contributed by atoms with Gasteiger partial charge in [-0.3, -0.25) is 9.97 Å². The lowest BCUT2D eigenvalue weighted by Gasteiger charge is -2.06. The van der Waals surface area contributed by atoms with Gasteiger partial charge in [0.05, 0.1) is 5.69 Å². The van der Waals surface area contributed by atoms with Gasteiger partial charge in [0.2, 0.25) is 0 Å². The first kappa shape index (κ1) is 13.2. The van der Waals surface area contributed by atoms with Gasteiger partial charge in [0, 0.05) is 37.9 Å². The van der Waals surface area contributed by atoms with E-state index in [2.05, 4.69) is 20.6 Å². The van der Waals surface area contributed by atoms with Crippen LogP contribution in [0, 0.1) is 0 Å². The van der Waals surface area contributed by atoms with Crippen molar-refractivity contribution in [2.45, 2.75) is 12.2 Å². The standard InChI is InChI=1S/C10H16N4S2/c1-11-10(15)14-3-2-6-16-8-9-7-12-4-5-13-9/h4-5,7H,2-3,6,8H2,1H3,(H2,11,14,15). The number of hydrogen-bond donors (Lipinski definition) is 2. The Kier molecular flexibility index (Phi) is 6.83. The van der Waals surface area contributed by atoms with E-state index in [1.165, 1.54) is 0 Å². The molecule has 0 saturated carbocycles. The van der Waals surface area contributed by atoms with Gasteiger partial charge < -0.3 is 10.6 Å². The topological polar surface area (TPSA) is 49.8 Å². The maximum atomic E-state index is 4.96. The molecule has 0 atom stereocenters. The van der Waals surface area contributed by atoms with Gasteiger partial charge in [-0.05, 0) is 24.4 Å². The second-order valence-corrected chi connectivity index (χ2v) is 4.62. The SMILES string of the molecule is CNC(=S)NCCCSCc1cnccn1. The minimum atomic E-state index is 0.707. The van der Waals surface area contributed by atoms with E-state index in [9.17, 15) is 0 Å². The summed E-state index contributed by atoms with van der Waals surface area (Å²) < 4.78 is 0. The molecule has 0 aliphatic heterocycles. The zero-order valence-electron chi connectivity index (χ0n) is 9.27. The highest BCUT2D eigenvalue weighted by molar-refractivity contribution is 7.98. The highest BCUT2D eigenvalue weighted by Gasteiger charge is 1.95. The predicted molar refractivity (Wildman–Crippen MR) is 72.5 cm³/mol. The fraction of sp³-hybridized carbons (Fsp3) is 0.500. The molecule has 88 valence electrons. The normalized spacial score (nSPS) is 9.81. The quantitative estimate of drug-likeness (QED) is 0.589.